The molecule has 1 aliphatic carbocycles. The topological polar surface area (TPSA) is 37.8 Å². The molecular weight excluding hydrogens is 266 g/mol. The Morgan fingerprint density at radius 3 is 2.94 bits per heavy atom. The van der Waals surface area contributed by atoms with Crippen LogP contribution in [0.5, 0.6) is 0 Å². The smallest absolute Gasteiger partial charge is 0.137 e. The normalized spacial score (nSPS) is 14.3. The second kappa shape index (κ2) is 6.31. The van der Waals surface area contributed by atoms with E-state index in [9.17, 15) is 0 Å². The van der Waals surface area contributed by atoms with Gasteiger partial charge in [-0.25, -0.2) is 9.97 Å². The van der Waals surface area contributed by atoms with Crippen LogP contribution >= 0.6 is 23.4 Å². The van der Waals surface area contributed by atoms with Crippen LogP contribution in [0.15, 0.2) is 0 Å². The number of thioether (sulfide) groups is 1. The van der Waals surface area contributed by atoms with E-state index in [1.807, 2.05) is 6.92 Å². The van der Waals surface area contributed by atoms with Crippen molar-refractivity contribution in [1.82, 2.24) is 9.97 Å². The maximum Gasteiger partial charge on any atom is 0.137 e. The molecule has 3 nitrogen and oxygen atoms in total. The lowest BCUT2D eigenvalue weighted by atomic mass is 10.3. The third kappa shape index (κ3) is 3.54. The number of hydrogen-bond acceptors (Lipinski definition) is 4. The summed E-state index contributed by atoms with van der Waals surface area (Å²) in [4.78, 5) is 8.89. The van der Waals surface area contributed by atoms with Crippen LogP contribution in [0.25, 0.3) is 0 Å². The van der Waals surface area contributed by atoms with E-state index in [0.717, 1.165) is 35.3 Å². The second-order valence-corrected chi connectivity index (χ2v) is 5.77. The lowest BCUT2D eigenvalue weighted by Crippen LogP contribution is -2.10. The maximum absolute atomic E-state index is 6.13. The Kier molecular flexibility index (Phi) is 4.73. The number of rotatable bonds is 6. The van der Waals surface area contributed by atoms with Crippen LogP contribution in [0, 0.1) is 19.3 Å². The van der Waals surface area contributed by atoms with Crippen LogP contribution in [0.3, 0.4) is 0 Å². The van der Waals surface area contributed by atoms with Gasteiger partial charge in [0.05, 0.1) is 5.75 Å². The summed E-state index contributed by atoms with van der Waals surface area (Å²) in [5.74, 6) is 6.57. The molecule has 0 aromatic carbocycles. The molecule has 0 atom stereocenters. The summed E-state index contributed by atoms with van der Waals surface area (Å²) in [6, 6.07) is 0. The summed E-state index contributed by atoms with van der Waals surface area (Å²) in [5, 5.41) is 3.87. The number of hydrogen-bond donors (Lipinski definition) is 1. The first-order chi connectivity index (χ1) is 8.72. The molecule has 0 bridgehead atoms. The van der Waals surface area contributed by atoms with Crippen LogP contribution in [0.2, 0.25) is 5.15 Å². The molecular formula is C13H16ClN3S. The van der Waals surface area contributed by atoms with E-state index in [4.69, 9.17) is 18.0 Å². The van der Waals surface area contributed by atoms with Crippen molar-refractivity contribution in [2.75, 3.05) is 23.4 Å². The summed E-state index contributed by atoms with van der Waals surface area (Å²) in [7, 11) is 0. The summed E-state index contributed by atoms with van der Waals surface area (Å²) in [6.07, 6.45) is 7.55. The Morgan fingerprint density at radius 2 is 2.28 bits per heavy atom. The van der Waals surface area contributed by atoms with Gasteiger partial charge < -0.3 is 5.32 Å². The van der Waals surface area contributed by atoms with E-state index in [2.05, 4.69) is 21.2 Å². The van der Waals surface area contributed by atoms with Gasteiger partial charge in [-0.2, -0.15) is 0 Å². The molecule has 5 heteroatoms. The first kappa shape index (κ1) is 13.5. The molecule has 0 amide bonds. The first-order valence-electron chi connectivity index (χ1n) is 6.01. The highest BCUT2D eigenvalue weighted by atomic mass is 35.5. The molecule has 1 N–H and O–H groups in total. The minimum atomic E-state index is 0.513. The zero-order valence-electron chi connectivity index (χ0n) is 10.4. The lowest BCUT2D eigenvalue weighted by Gasteiger charge is -2.10. The zero-order chi connectivity index (χ0) is 13.0. The van der Waals surface area contributed by atoms with E-state index in [0.29, 0.717) is 11.1 Å². The van der Waals surface area contributed by atoms with Gasteiger partial charge in [0.1, 0.15) is 16.8 Å². The molecule has 1 aliphatic rings. The Hall–Kier alpha value is -0.920. The number of halogens is 1. The van der Waals surface area contributed by atoms with Gasteiger partial charge in [0, 0.05) is 23.8 Å². The largest absolute Gasteiger partial charge is 0.369 e. The molecule has 0 spiro atoms. The molecule has 0 radical (unpaired) electrons. The minimum absolute atomic E-state index is 0.513. The van der Waals surface area contributed by atoms with Crippen molar-refractivity contribution >= 4 is 29.2 Å². The lowest BCUT2D eigenvalue weighted by molar-refractivity contribution is 0.915. The van der Waals surface area contributed by atoms with E-state index in [1.165, 1.54) is 12.8 Å². The molecule has 0 aliphatic heterocycles. The first-order valence-corrected chi connectivity index (χ1v) is 7.54. The monoisotopic (exact) mass is 281 g/mol. The van der Waals surface area contributed by atoms with E-state index >= 15 is 0 Å². The van der Waals surface area contributed by atoms with E-state index in [-0.39, 0.29) is 0 Å². The van der Waals surface area contributed by atoms with Crippen LogP contribution < -0.4 is 5.32 Å². The summed E-state index contributed by atoms with van der Waals surface area (Å²) < 4.78 is 0. The SMILES string of the molecule is C#CCSCCNc1nc(C2CC2)nc(Cl)c1C. The molecule has 1 aromatic rings. The van der Waals surface area contributed by atoms with Gasteiger partial charge in [-0.05, 0) is 19.8 Å². The Labute approximate surface area is 117 Å². The second-order valence-electron chi connectivity index (χ2n) is 4.30. The van der Waals surface area contributed by atoms with Gasteiger partial charge in [0.2, 0.25) is 0 Å². The van der Waals surface area contributed by atoms with Gasteiger partial charge in [-0.3, -0.25) is 0 Å². The molecule has 1 heterocycles. The standard InChI is InChI=1S/C13H16ClN3S/c1-3-7-18-8-6-15-12-9(2)11(14)16-13(17-12)10-4-5-10/h1,10H,4-8H2,2H3,(H,15,16,17). The van der Waals surface area contributed by atoms with Gasteiger partial charge in [-0.15, -0.1) is 18.2 Å². The van der Waals surface area contributed by atoms with E-state index in [1.54, 1.807) is 11.8 Å². The molecule has 1 aromatic heterocycles. The number of nitrogens with zero attached hydrogens (tertiary/aromatic N) is 2. The maximum atomic E-state index is 6.13. The van der Waals surface area contributed by atoms with Crippen molar-refractivity contribution in [3.8, 4) is 12.3 Å². The van der Waals surface area contributed by atoms with Crippen LogP contribution in [-0.4, -0.2) is 28.0 Å². The fourth-order valence-corrected chi connectivity index (χ4v) is 2.26. The van der Waals surface area contributed by atoms with Gasteiger partial charge >= 0.3 is 0 Å². The third-order valence-corrected chi connectivity index (χ3v) is 4.00. The Bertz CT molecular complexity index is 466. The number of anilines is 1. The fraction of sp³-hybridized carbons (Fsp3) is 0.538. The molecule has 96 valence electrons. The third-order valence-electron chi connectivity index (χ3n) is 2.77. The highest BCUT2D eigenvalue weighted by molar-refractivity contribution is 7.99. The average Bonchev–Trinajstić information content (AvgIpc) is 3.18. The molecule has 2 rings (SSSR count). The van der Waals surface area contributed by atoms with Crippen molar-refractivity contribution < 1.29 is 0 Å². The van der Waals surface area contributed by atoms with Crippen molar-refractivity contribution in [3.05, 3.63) is 16.5 Å². The van der Waals surface area contributed by atoms with E-state index < -0.39 is 0 Å². The van der Waals surface area contributed by atoms with Gasteiger partial charge in [0.15, 0.2) is 0 Å². The van der Waals surface area contributed by atoms with Crippen molar-refractivity contribution in [2.45, 2.75) is 25.7 Å². The quantitative estimate of drug-likeness (QED) is 0.494. The van der Waals surface area contributed by atoms with Crippen molar-refractivity contribution in [1.29, 1.82) is 0 Å². The number of aromatic nitrogens is 2. The van der Waals surface area contributed by atoms with Crippen LogP contribution in [0.1, 0.15) is 30.1 Å². The summed E-state index contributed by atoms with van der Waals surface area (Å²) in [5.41, 5.74) is 0.919. The zero-order valence-corrected chi connectivity index (χ0v) is 11.9. The highest BCUT2D eigenvalue weighted by Crippen LogP contribution is 2.39. The summed E-state index contributed by atoms with van der Waals surface area (Å²) in [6.45, 7) is 2.78. The van der Waals surface area contributed by atoms with Crippen LogP contribution in [0.4, 0.5) is 5.82 Å². The molecule has 0 saturated heterocycles. The predicted molar refractivity (Wildman–Crippen MR) is 78.4 cm³/mol. The van der Waals surface area contributed by atoms with Crippen molar-refractivity contribution in [3.63, 3.8) is 0 Å². The molecule has 0 unspecified atom stereocenters. The molecule has 1 fully saturated rings. The Morgan fingerprint density at radius 1 is 1.50 bits per heavy atom. The number of nitrogens with one attached hydrogen (secondary N) is 1. The minimum Gasteiger partial charge on any atom is -0.369 e. The van der Waals surface area contributed by atoms with Crippen LogP contribution in [-0.2, 0) is 0 Å². The molecule has 1 saturated carbocycles. The average molecular weight is 282 g/mol. The van der Waals surface area contributed by atoms with Crippen molar-refractivity contribution in [2.24, 2.45) is 0 Å². The summed E-state index contributed by atoms with van der Waals surface area (Å²) >= 11 is 7.86. The highest BCUT2D eigenvalue weighted by Gasteiger charge is 2.27. The van der Waals surface area contributed by atoms with Gasteiger partial charge in [0.25, 0.3) is 0 Å². The fourth-order valence-electron chi connectivity index (χ4n) is 1.57. The number of terminal acetylenes is 1. The van der Waals surface area contributed by atoms with Gasteiger partial charge in [-0.1, -0.05) is 17.5 Å². The Balaban J connectivity index is 1.96. The molecule has 18 heavy (non-hydrogen) atoms. The predicted octanol–water partition coefficient (Wildman–Crippen LogP) is 3.09.